The number of amides is 3. The zero-order valence-electron chi connectivity index (χ0n) is 13.6. The molecule has 1 aromatic carbocycles. The number of pyridine rings is 1. The van der Waals surface area contributed by atoms with E-state index in [1.54, 1.807) is 29.2 Å². The summed E-state index contributed by atoms with van der Waals surface area (Å²) in [6.07, 6.45) is 0. The maximum atomic E-state index is 12.5. The van der Waals surface area contributed by atoms with Gasteiger partial charge in [-0.15, -0.1) is 0 Å². The van der Waals surface area contributed by atoms with Crippen molar-refractivity contribution in [2.24, 2.45) is 0 Å². The minimum absolute atomic E-state index is 0.0155. The third-order valence-corrected chi connectivity index (χ3v) is 4.44. The predicted octanol–water partition coefficient (Wildman–Crippen LogP) is -0.760. The molecule has 9 heteroatoms. The van der Waals surface area contributed by atoms with E-state index in [9.17, 15) is 19.2 Å². The van der Waals surface area contributed by atoms with Crippen LogP contribution < -0.4 is 26.8 Å². The predicted molar refractivity (Wildman–Crippen MR) is 93.5 cm³/mol. The molecule has 0 atom stereocenters. The number of hydrogen-bond acceptors (Lipinski definition) is 6. The molecule has 0 unspecified atom stereocenters. The number of carbonyl (C=O) groups is 3. The van der Waals surface area contributed by atoms with Crippen LogP contribution in [0.15, 0.2) is 35.1 Å². The van der Waals surface area contributed by atoms with Crippen LogP contribution >= 0.6 is 0 Å². The summed E-state index contributed by atoms with van der Waals surface area (Å²) >= 11 is 0. The molecule has 4 N–H and O–H groups in total. The Labute approximate surface area is 147 Å². The molecule has 1 aromatic heterocycles. The molecule has 0 aliphatic carbocycles. The van der Waals surface area contributed by atoms with E-state index in [-0.39, 0.29) is 29.4 Å². The minimum Gasteiger partial charge on any atom is -0.384 e. The third kappa shape index (κ3) is 2.37. The van der Waals surface area contributed by atoms with Crippen molar-refractivity contribution in [2.75, 3.05) is 30.3 Å². The summed E-state index contributed by atoms with van der Waals surface area (Å²) in [5.41, 5.74) is 6.50. The van der Waals surface area contributed by atoms with Gasteiger partial charge in [-0.1, -0.05) is 6.07 Å². The quantitative estimate of drug-likeness (QED) is 0.609. The van der Waals surface area contributed by atoms with E-state index >= 15 is 0 Å². The maximum Gasteiger partial charge on any atom is 0.262 e. The standard InChI is InChI=1S/C17H15N5O4/c18-15-14-11(16(25)20-17(14)26)7-12(23)22(15)10-3-1-2-9(6-10)21-5-4-19-8-13(21)24/h1-3,6-7,19H,4-5,8,18H2,(H,20,25,26). The number of nitrogens with two attached hydrogens (primary N) is 1. The first kappa shape index (κ1) is 16.0. The molecule has 1 saturated heterocycles. The van der Waals surface area contributed by atoms with Crippen molar-refractivity contribution in [3.05, 3.63) is 51.8 Å². The van der Waals surface area contributed by atoms with Gasteiger partial charge in [-0.25, -0.2) is 0 Å². The molecule has 26 heavy (non-hydrogen) atoms. The van der Waals surface area contributed by atoms with E-state index in [2.05, 4.69) is 10.6 Å². The van der Waals surface area contributed by atoms with Gasteiger partial charge in [0.25, 0.3) is 17.4 Å². The summed E-state index contributed by atoms with van der Waals surface area (Å²) in [7, 11) is 0. The van der Waals surface area contributed by atoms with Gasteiger partial charge in [-0.05, 0) is 18.2 Å². The fourth-order valence-corrected chi connectivity index (χ4v) is 3.23. The number of imide groups is 1. The number of carbonyl (C=O) groups excluding carboxylic acids is 3. The summed E-state index contributed by atoms with van der Waals surface area (Å²) in [5, 5.41) is 5.12. The van der Waals surface area contributed by atoms with E-state index in [0.717, 1.165) is 10.6 Å². The Hall–Kier alpha value is -3.46. The Morgan fingerprint density at radius 3 is 2.54 bits per heavy atom. The van der Waals surface area contributed by atoms with Crippen LogP contribution in [0.5, 0.6) is 0 Å². The van der Waals surface area contributed by atoms with Gasteiger partial charge in [-0.3, -0.25) is 29.1 Å². The molecule has 4 rings (SSSR count). The highest BCUT2D eigenvalue weighted by molar-refractivity contribution is 6.23. The Morgan fingerprint density at radius 1 is 1.00 bits per heavy atom. The minimum atomic E-state index is -0.638. The van der Waals surface area contributed by atoms with Gasteiger partial charge in [0.05, 0.1) is 23.4 Å². The zero-order valence-corrected chi connectivity index (χ0v) is 13.6. The molecule has 9 nitrogen and oxygen atoms in total. The van der Waals surface area contributed by atoms with Crippen LogP contribution in [0.3, 0.4) is 0 Å². The van der Waals surface area contributed by atoms with Gasteiger partial charge in [0.2, 0.25) is 5.91 Å². The van der Waals surface area contributed by atoms with E-state index in [1.807, 2.05) is 0 Å². The van der Waals surface area contributed by atoms with E-state index < -0.39 is 17.4 Å². The largest absolute Gasteiger partial charge is 0.384 e. The van der Waals surface area contributed by atoms with Crippen LogP contribution in [0, 0.1) is 0 Å². The first-order chi connectivity index (χ1) is 12.5. The average molecular weight is 353 g/mol. The number of fused-ring (bicyclic) bond motifs is 1. The number of nitrogens with zero attached hydrogens (tertiary/aromatic N) is 2. The normalized spacial score (nSPS) is 16.6. The van der Waals surface area contributed by atoms with Crippen LogP contribution in [0.2, 0.25) is 0 Å². The Bertz CT molecular complexity index is 1030. The highest BCUT2D eigenvalue weighted by Crippen LogP contribution is 2.25. The number of nitrogens with one attached hydrogen (secondary N) is 2. The van der Waals surface area contributed by atoms with E-state index in [0.29, 0.717) is 24.5 Å². The van der Waals surface area contributed by atoms with Crippen molar-refractivity contribution >= 4 is 29.2 Å². The molecule has 1 fully saturated rings. The maximum absolute atomic E-state index is 12.5. The SMILES string of the molecule is Nc1c2c(cc(=O)n1-c1cccc(N3CCNCC3=O)c1)C(=O)NC2=O. The molecular formula is C17H15N5O4. The molecule has 132 valence electrons. The number of rotatable bonds is 2. The lowest BCUT2D eigenvalue weighted by molar-refractivity contribution is -0.118. The van der Waals surface area contributed by atoms with Crippen molar-refractivity contribution in [1.82, 2.24) is 15.2 Å². The topological polar surface area (TPSA) is 127 Å². The van der Waals surface area contributed by atoms with Crippen LogP contribution in [-0.4, -0.2) is 41.9 Å². The van der Waals surface area contributed by atoms with Crippen LogP contribution in [0.25, 0.3) is 5.69 Å². The number of piperazine rings is 1. The van der Waals surface area contributed by atoms with Crippen LogP contribution in [0.1, 0.15) is 20.7 Å². The molecule has 0 bridgehead atoms. The lowest BCUT2D eigenvalue weighted by atomic mass is 10.1. The van der Waals surface area contributed by atoms with Crippen molar-refractivity contribution < 1.29 is 14.4 Å². The highest BCUT2D eigenvalue weighted by Gasteiger charge is 2.32. The van der Waals surface area contributed by atoms with Gasteiger partial charge in [-0.2, -0.15) is 0 Å². The first-order valence-electron chi connectivity index (χ1n) is 8.00. The van der Waals surface area contributed by atoms with E-state index in [1.165, 1.54) is 0 Å². The van der Waals surface area contributed by atoms with Gasteiger partial charge >= 0.3 is 0 Å². The van der Waals surface area contributed by atoms with Crippen molar-refractivity contribution in [3.8, 4) is 5.69 Å². The summed E-state index contributed by atoms with van der Waals surface area (Å²) in [5.74, 6) is -1.46. The summed E-state index contributed by atoms with van der Waals surface area (Å²) in [6, 6.07) is 7.85. The molecule has 2 aliphatic heterocycles. The molecule has 2 aromatic rings. The first-order valence-corrected chi connectivity index (χ1v) is 8.00. The van der Waals surface area contributed by atoms with Crippen molar-refractivity contribution in [1.29, 1.82) is 0 Å². The van der Waals surface area contributed by atoms with Gasteiger partial charge < -0.3 is 16.0 Å². The summed E-state index contributed by atoms with van der Waals surface area (Å²) < 4.78 is 1.16. The van der Waals surface area contributed by atoms with Gasteiger partial charge in [0.1, 0.15) is 5.82 Å². The zero-order chi connectivity index (χ0) is 18.4. The average Bonchev–Trinajstić information content (AvgIpc) is 2.89. The second-order valence-electron chi connectivity index (χ2n) is 6.02. The highest BCUT2D eigenvalue weighted by atomic mass is 16.2. The number of nitrogen functional groups attached to an aromatic ring is 1. The summed E-state index contributed by atoms with van der Waals surface area (Å²) in [4.78, 5) is 49.9. The molecule has 0 saturated carbocycles. The second-order valence-corrected chi connectivity index (χ2v) is 6.02. The molecule has 0 spiro atoms. The molecule has 0 radical (unpaired) electrons. The Morgan fingerprint density at radius 2 is 1.77 bits per heavy atom. The fourth-order valence-electron chi connectivity index (χ4n) is 3.23. The number of anilines is 2. The van der Waals surface area contributed by atoms with Crippen molar-refractivity contribution in [2.45, 2.75) is 0 Å². The van der Waals surface area contributed by atoms with Gasteiger partial charge in [0.15, 0.2) is 0 Å². The lowest BCUT2D eigenvalue weighted by Gasteiger charge is -2.28. The molecule has 3 amide bonds. The number of hydrogen-bond donors (Lipinski definition) is 3. The molecule has 2 aliphatic rings. The number of benzene rings is 1. The third-order valence-electron chi connectivity index (χ3n) is 4.44. The van der Waals surface area contributed by atoms with Crippen LogP contribution in [-0.2, 0) is 4.79 Å². The van der Waals surface area contributed by atoms with Crippen LogP contribution in [0.4, 0.5) is 11.5 Å². The molecule has 3 heterocycles. The smallest absolute Gasteiger partial charge is 0.262 e. The van der Waals surface area contributed by atoms with E-state index in [4.69, 9.17) is 5.73 Å². The van der Waals surface area contributed by atoms with Gasteiger partial charge in [0, 0.05) is 24.8 Å². The molecular weight excluding hydrogens is 338 g/mol. The number of aromatic nitrogens is 1. The lowest BCUT2D eigenvalue weighted by Crippen LogP contribution is -2.48. The fraction of sp³-hybridized carbons (Fsp3) is 0.176. The monoisotopic (exact) mass is 353 g/mol. The second kappa shape index (κ2) is 5.81. The summed E-state index contributed by atoms with van der Waals surface area (Å²) in [6.45, 7) is 1.42. The Kier molecular flexibility index (Phi) is 3.58. The van der Waals surface area contributed by atoms with Crippen molar-refractivity contribution in [3.63, 3.8) is 0 Å². The Balaban J connectivity index is 1.85.